The summed E-state index contributed by atoms with van der Waals surface area (Å²) in [5, 5.41) is 4.64. The molecule has 0 radical (unpaired) electrons. The van der Waals surface area contributed by atoms with Crippen molar-refractivity contribution in [3.8, 4) is 0 Å². The minimum atomic E-state index is -3.87. The first-order valence-electron chi connectivity index (χ1n) is 9.18. The second-order valence-electron chi connectivity index (χ2n) is 7.34. The highest BCUT2D eigenvalue weighted by atomic mass is 32.2. The molecule has 7 nitrogen and oxygen atoms in total. The van der Waals surface area contributed by atoms with Crippen molar-refractivity contribution in [1.82, 2.24) is 5.32 Å². The number of rotatable bonds is 6. The van der Waals surface area contributed by atoms with Gasteiger partial charge in [-0.05, 0) is 36.8 Å². The lowest BCUT2D eigenvalue weighted by Crippen LogP contribution is -2.43. The Balaban J connectivity index is 1.82. The Morgan fingerprint density at radius 2 is 1.79 bits per heavy atom. The molecule has 1 aliphatic heterocycles. The molecule has 1 aliphatic rings. The average Bonchev–Trinajstić information content (AvgIpc) is 2.95. The zero-order valence-electron chi connectivity index (χ0n) is 16.3. The molecule has 2 aromatic carbocycles. The highest BCUT2D eigenvalue weighted by Crippen LogP contribution is 2.27. The zero-order valence-corrected chi connectivity index (χ0v) is 17.9. The third-order valence-electron chi connectivity index (χ3n) is 4.85. The molecule has 1 heterocycles. The van der Waals surface area contributed by atoms with Crippen molar-refractivity contribution in [3.05, 3.63) is 59.7 Å². The molecule has 1 fully saturated rings. The molecule has 3 rings (SSSR count). The second-order valence-corrected chi connectivity index (χ2v) is 11.7. The van der Waals surface area contributed by atoms with E-state index in [1.54, 1.807) is 0 Å². The maximum Gasteiger partial charge on any atom is 0.221 e. The van der Waals surface area contributed by atoms with Gasteiger partial charge in [0.05, 0.1) is 21.7 Å². The number of carbonyl (C=O) groups is 1. The van der Waals surface area contributed by atoms with Crippen LogP contribution in [0.4, 0.5) is 5.69 Å². The van der Waals surface area contributed by atoms with Gasteiger partial charge in [0.1, 0.15) is 0 Å². The predicted molar refractivity (Wildman–Crippen MR) is 112 cm³/mol. The lowest BCUT2D eigenvalue weighted by molar-refractivity contribution is -0.114. The smallest absolute Gasteiger partial charge is 0.221 e. The predicted octanol–water partition coefficient (Wildman–Crippen LogP) is 1.68. The molecule has 0 unspecified atom stereocenters. The Morgan fingerprint density at radius 3 is 2.41 bits per heavy atom. The Morgan fingerprint density at radius 1 is 1.10 bits per heavy atom. The molecule has 0 bridgehead atoms. The Kier molecular flexibility index (Phi) is 6.11. The summed E-state index contributed by atoms with van der Waals surface area (Å²) in [7, 11) is -7.34. The quantitative estimate of drug-likeness (QED) is 0.713. The lowest BCUT2D eigenvalue weighted by atomic mass is 10.1. The summed E-state index contributed by atoms with van der Waals surface area (Å²) < 4.78 is 50.7. The van der Waals surface area contributed by atoms with Gasteiger partial charge in [-0.2, -0.15) is 0 Å². The van der Waals surface area contributed by atoms with E-state index in [0.717, 1.165) is 11.1 Å². The highest BCUT2D eigenvalue weighted by Gasteiger charge is 2.45. The van der Waals surface area contributed by atoms with Gasteiger partial charge in [0, 0.05) is 25.2 Å². The molecule has 0 aliphatic carbocycles. The van der Waals surface area contributed by atoms with Crippen LogP contribution in [0.2, 0.25) is 0 Å². The number of hydrogen-bond acceptors (Lipinski definition) is 6. The van der Waals surface area contributed by atoms with Gasteiger partial charge in [-0.3, -0.25) is 4.79 Å². The molecular formula is C20H24N2O5S2. The molecule has 9 heteroatoms. The molecule has 29 heavy (non-hydrogen) atoms. The summed E-state index contributed by atoms with van der Waals surface area (Å²) in [4.78, 5) is 11.2. The summed E-state index contributed by atoms with van der Waals surface area (Å²) in [5.41, 5.74) is 2.52. The van der Waals surface area contributed by atoms with E-state index in [9.17, 15) is 21.6 Å². The second kappa shape index (κ2) is 8.25. The molecule has 2 atom stereocenters. The number of amides is 1. The molecular weight excluding hydrogens is 412 g/mol. The Labute approximate surface area is 171 Å². The molecule has 2 aromatic rings. The Hall–Kier alpha value is -2.23. The van der Waals surface area contributed by atoms with Crippen molar-refractivity contribution in [2.24, 2.45) is 0 Å². The number of aryl methyl sites for hydroxylation is 1. The molecule has 0 spiro atoms. The third kappa shape index (κ3) is 5.23. The van der Waals surface area contributed by atoms with Crippen LogP contribution >= 0.6 is 0 Å². The van der Waals surface area contributed by atoms with Crippen LogP contribution in [-0.4, -0.2) is 45.5 Å². The molecule has 156 valence electrons. The highest BCUT2D eigenvalue weighted by molar-refractivity contribution is 7.96. The van der Waals surface area contributed by atoms with E-state index in [1.807, 2.05) is 31.2 Å². The van der Waals surface area contributed by atoms with Gasteiger partial charge in [0.15, 0.2) is 19.7 Å². The molecule has 2 N–H and O–H groups in total. The van der Waals surface area contributed by atoms with Gasteiger partial charge in [-0.25, -0.2) is 16.8 Å². The normalized spacial score (nSPS) is 21.0. The van der Waals surface area contributed by atoms with E-state index >= 15 is 0 Å². The van der Waals surface area contributed by atoms with Crippen molar-refractivity contribution in [3.63, 3.8) is 0 Å². The summed E-state index contributed by atoms with van der Waals surface area (Å²) >= 11 is 0. The van der Waals surface area contributed by atoms with Crippen LogP contribution in [0.25, 0.3) is 0 Å². The van der Waals surface area contributed by atoms with Gasteiger partial charge in [0.2, 0.25) is 5.91 Å². The fourth-order valence-corrected chi connectivity index (χ4v) is 8.21. The van der Waals surface area contributed by atoms with E-state index in [4.69, 9.17) is 0 Å². The number of hydrogen-bond donors (Lipinski definition) is 2. The summed E-state index contributed by atoms with van der Waals surface area (Å²) in [6.45, 7) is 3.70. The minimum Gasteiger partial charge on any atom is -0.326 e. The maximum atomic E-state index is 13.1. The average molecular weight is 437 g/mol. The van der Waals surface area contributed by atoms with E-state index in [1.165, 1.54) is 31.2 Å². The number of nitrogens with one attached hydrogen (secondary N) is 2. The van der Waals surface area contributed by atoms with Crippen LogP contribution in [0.1, 0.15) is 18.1 Å². The van der Waals surface area contributed by atoms with E-state index in [0.29, 0.717) is 12.2 Å². The first kappa shape index (κ1) is 21.5. The fraction of sp³-hybridized carbons (Fsp3) is 0.350. The summed E-state index contributed by atoms with van der Waals surface area (Å²) in [6, 6.07) is 12.8. The van der Waals surface area contributed by atoms with Crippen LogP contribution in [-0.2, 0) is 31.0 Å². The third-order valence-corrected chi connectivity index (χ3v) is 9.02. The standard InChI is InChI=1S/C20H24N2O5S2/c1-14-4-3-5-16(10-14)11-21-19-12-28(24,25)13-20(19)29(26,27)18-8-6-17(7-9-18)22-15(2)23/h3-10,19-21H,11-13H2,1-2H3,(H,22,23)/t19-,20-/m1/s1. The number of benzene rings is 2. The van der Waals surface area contributed by atoms with Gasteiger partial charge in [0.25, 0.3) is 0 Å². The monoisotopic (exact) mass is 436 g/mol. The van der Waals surface area contributed by atoms with Crippen LogP contribution in [0.5, 0.6) is 0 Å². The minimum absolute atomic E-state index is 0.0380. The summed E-state index contributed by atoms with van der Waals surface area (Å²) in [6.07, 6.45) is 0. The number of anilines is 1. The molecule has 1 amide bonds. The van der Waals surface area contributed by atoms with E-state index < -0.39 is 36.7 Å². The largest absolute Gasteiger partial charge is 0.326 e. The first-order valence-corrected chi connectivity index (χ1v) is 12.5. The van der Waals surface area contributed by atoms with Gasteiger partial charge >= 0.3 is 0 Å². The van der Waals surface area contributed by atoms with Gasteiger partial charge in [-0.15, -0.1) is 0 Å². The van der Waals surface area contributed by atoms with E-state index in [-0.39, 0.29) is 16.6 Å². The van der Waals surface area contributed by atoms with Gasteiger partial charge < -0.3 is 10.6 Å². The van der Waals surface area contributed by atoms with Crippen LogP contribution in [0, 0.1) is 6.92 Å². The lowest BCUT2D eigenvalue weighted by Gasteiger charge is -2.20. The van der Waals surface area contributed by atoms with Crippen LogP contribution < -0.4 is 10.6 Å². The van der Waals surface area contributed by atoms with Crippen molar-refractivity contribution < 1.29 is 21.6 Å². The van der Waals surface area contributed by atoms with Crippen molar-refractivity contribution >= 4 is 31.3 Å². The number of sulfone groups is 2. The van der Waals surface area contributed by atoms with Gasteiger partial charge in [-0.1, -0.05) is 29.8 Å². The SMILES string of the molecule is CC(=O)Nc1ccc(S(=O)(=O)[C@@H]2CS(=O)(=O)C[C@H]2NCc2cccc(C)c2)cc1. The van der Waals surface area contributed by atoms with Crippen molar-refractivity contribution in [1.29, 1.82) is 0 Å². The van der Waals surface area contributed by atoms with E-state index in [2.05, 4.69) is 10.6 Å². The molecule has 0 saturated carbocycles. The van der Waals surface area contributed by atoms with Crippen LogP contribution in [0.15, 0.2) is 53.4 Å². The maximum absolute atomic E-state index is 13.1. The van der Waals surface area contributed by atoms with Crippen molar-refractivity contribution in [2.75, 3.05) is 16.8 Å². The summed E-state index contributed by atoms with van der Waals surface area (Å²) in [5.74, 6) is -0.885. The molecule has 0 aromatic heterocycles. The Bertz CT molecular complexity index is 1110. The van der Waals surface area contributed by atoms with Crippen molar-refractivity contribution in [2.45, 2.75) is 36.6 Å². The van der Waals surface area contributed by atoms with Crippen LogP contribution in [0.3, 0.4) is 0 Å². The number of carbonyl (C=O) groups excluding carboxylic acids is 1. The topological polar surface area (TPSA) is 109 Å². The zero-order chi connectivity index (χ0) is 21.2. The fourth-order valence-electron chi connectivity index (χ4n) is 3.49. The molecule has 1 saturated heterocycles. The first-order chi connectivity index (χ1) is 13.6.